The van der Waals surface area contributed by atoms with E-state index in [2.05, 4.69) is 20.6 Å². The Morgan fingerprint density at radius 1 is 1.00 bits per heavy atom. The summed E-state index contributed by atoms with van der Waals surface area (Å²) >= 11 is 0. The molecular weight excluding hydrogens is 228 g/mol. The molecule has 2 aromatic heterocycles. The SMILES string of the molecule is O=C(NCCNc1ccccn1)c1ccccn1. The molecule has 0 aliphatic carbocycles. The minimum atomic E-state index is -0.168. The van der Waals surface area contributed by atoms with Gasteiger partial charge in [-0.15, -0.1) is 0 Å². The summed E-state index contributed by atoms with van der Waals surface area (Å²) in [5.41, 5.74) is 0.426. The molecule has 0 aliphatic rings. The highest BCUT2D eigenvalue weighted by atomic mass is 16.1. The van der Waals surface area contributed by atoms with Gasteiger partial charge in [-0.3, -0.25) is 9.78 Å². The standard InChI is InChI=1S/C13H14N4O/c18-13(11-5-1-3-7-14-11)17-10-9-16-12-6-2-4-8-15-12/h1-8H,9-10H2,(H,15,16)(H,17,18). The molecule has 2 aromatic rings. The third-order valence-corrected chi connectivity index (χ3v) is 2.28. The summed E-state index contributed by atoms with van der Waals surface area (Å²) < 4.78 is 0. The summed E-state index contributed by atoms with van der Waals surface area (Å²) in [7, 11) is 0. The van der Waals surface area contributed by atoms with Crippen LogP contribution in [-0.2, 0) is 0 Å². The van der Waals surface area contributed by atoms with Gasteiger partial charge in [0.05, 0.1) is 0 Å². The molecule has 1 amide bonds. The Morgan fingerprint density at radius 2 is 1.78 bits per heavy atom. The number of hydrogen-bond acceptors (Lipinski definition) is 4. The third-order valence-electron chi connectivity index (χ3n) is 2.28. The van der Waals surface area contributed by atoms with Gasteiger partial charge in [0.15, 0.2) is 0 Å². The maximum Gasteiger partial charge on any atom is 0.269 e. The zero-order chi connectivity index (χ0) is 12.6. The predicted molar refractivity (Wildman–Crippen MR) is 69.3 cm³/mol. The summed E-state index contributed by atoms with van der Waals surface area (Å²) in [5, 5.41) is 5.88. The molecule has 0 saturated carbocycles. The van der Waals surface area contributed by atoms with E-state index < -0.39 is 0 Å². The van der Waals surface area contributed by atoms with Crippen LogP contribution in [0.25, 0.3) is 0 Å². The van der Waals surface area contributed by atoms with Crippen LogP contribution in [0.1, 0.15) is 10.5 Å². The lowest BCUT2D eigenvalue weighted by Gasteiger charge is -2.06. The summed E-state index contributed by atoms with van der Waals surface area (Å²) in [6, 6.07) is 10.9. The Hall–Kier alpha value is -2.43. The highest BCUT2D eigenvalue weighted by Crippen LogP contribution is 1.98. The second kappa shape index (κ2) is 6.34. The smallest absolute Gasteiger partial charge is 0.269 e. The minimum absolute atomic E-state index is 0.168. The van der Waals surface area contributed by atoms with Gasteiger partial charge in [-0.25, -0.2) is 4.98 Å². The molecule has 2 heterocycles. The van der Waals surface area contributed by atoms with Gasteiger partial charge in [0.1, 0.15) is 11.5 Å². The van der Waals surface area contributed by atoms with Crippen molar-refractivity contribution < 1.29 is 4.79 Å². The normalized spacial score (nSPS) is 9.78. The Kier molecular flexibility index (Phi) is 4.24. The number of carbonyl (C=O) groups excluding carboxylic acids is 1. The van der Waals surface area contributed by atoms with Crippen molar-refractivity contribution in [2.24, 2.45) is 0 Å². The first-order valence-corrected chi connectivity index (χ1v) is 5.70. The molecule has 0 atom stereocenters. The van der Waals surface area contributed by atoms with Crippen molar-refractivity contribution in [2.45, 2.75) is 0 Å². The largest absolute Gasteiger partial charge is 0.368 e. The highest BCUT2D eigenvalue weighted by molar-refractivity contribution is 5.92. The maximum atomic E-state index is 11.6. The molecule has 0 saturated heterocycles. The lowest BCUT2D eigenvalue weighted by Crippen LogP contribution is -2.29. The van der Waals surface area contributed by atoms with Crippen LogP contribution in [-0.4, -0.2) is 29.0 Å². The van der Waals surface area contributed by atoms with Crippen LogP contribution in [0.4, 0.5) is 5.82 Å². The average Bonchev–Trinajstić information content (AvgIpc) is 2.45. The van der Waals surface area contributed by atoms with E-state index in [0.717, 1.165) is 5.82 Å². The first kappa shape index (κ1) is 12.0. The van der Waals surface area contributed by atoms with Crippen LogP contribution < -0.4 is 10.6 Å². The van der Waals surface area contributed by atoms with Gasteiger partial charge in [0.2, 0.25) is 0 Å². The summed E-state index contributed by atoms with van der Waals surface area (Å²) in [6.45, 7) is 1.14. The van der Waals surface area contributed by atoms with Crippen LogP contribution in [0.3, 0.4) is 0 Å². The van der Waals surface area contributed by atoms with Crippen LogP contribution in [0.5, 0.6) is 0 Å². The zero-order valence-electron chi connectivity index (χ0n) is 9.84. The van der Waals surface area contributed by atoms with E-state index in [0.29, 0.717) is 18.8 Å². The van der Waals surface area contributed by atoms with E-state index in [1.165, 1.54) is 0 Å². The van der Waals surface area contributed by atoms with Crippen molar-refractivity contribution in [1.82, 2.24) is 15.3 Å². The summed E-state index contributed by atoms with van der Waals surface area (Å²) in [5.74, 6) is 0.628. The summed E-state index contributed by atoms with van der Waals surface area (Å²) in [6.07, 6.45) is 3.32. The van der Waals surface area contributed by atoms with Crippen molar-refractivity contribution >= 4 is 11.7 Å². The number of nitrogens with zero attached hydrogens (tertiary/aromatic N) is 2. The second-order valence-electron chi connectivity index (χ2n) is 3.61. The fraction of sp³-hybridized carbons (Fsp3) is 0.154. The fourth-order valence-corrected chi connectivity index (χ4v) is 1.42. The Bertz CT molecular complexity index is 487. The molecule has 92 valence electrons. The number of amides is 1. The lowest BCUT2D eigenvalue weighted by atomic mass is 10.3. The molecular formula is C13H14N4O. The number of aromatic nitrogens is 2. The average molecular weight is 242 g/mol. The van der Waals surface area contributed by atoms with Crippen molar-refractivity contribution in [2.75, 3.05) is 18.4 Å². The van der Waals surface area contributed by atoms with Crippen LogP contribution in [0.15, 0.2) is 48.8 Å². The monoisotopic (exact) mass is 242 g/mol. The van der Waals surface area contributed by atoms with E-state index in [4.69, 9.17) is 0 Å². The highest BCUT2D eigenvalue weighted by Gasteiger charge is 2.04. The molecule has 2 N–H and O–H groups in total. The van der Waals surface area contributed by atoms with Gasteiger partial charge >= 0.3 is 0 Å². The van der Waals surface area contributed by atoms with E-state index in [-0.39, 0.29) is 5.91 Å². The third kappa shape index (κ3) is 3.55. The van der Waals surface area contributed by atoms with Gasteiger partial charge in [-0.2, -0.15) is 0 Å². The zero-order valence-corrected chi connectivity index (χ0v) is 9.84. The molecule has 0 bridgehead atoms. The molecule has 0 unspecified atom stereocenters. The number of rotatable bonds is 5. The molecule has 5 heteroatoms. The Balaban J connectivity index is 1.72. The van der Waals surface area contributed by atoms with Gasteiger partial charge in [0.25, 0.3) is 5.91 Å². The van der Waals surface area contributed by atoms with E-state index in [9.17, 15) is 4.79 Å². The van der Waals surface area contributed by atoms with Crippen molar-refractivity contribution in [3.8, 4) is 0 Å². The quantitative estimate of drug-likeness (QED) is 0.776. The van der Waals surface area contributed by atoms with Gasteiger partial charge in [0, 0.05) is 25.5 Å². The first-order chi connectivity index (χ1) is 8.86. The molecule has 0 fully saturated rings. The summed E-state index contributed by atoms with van der Waals surface area (Å²) in [4.78, 5) is 19.7. The molecule has 18 heavy (non-hydrogen) atoms. The second-order valence-corrected chi connectivity index (χ2v) is 3.61. The van der Waals surface area contributed by atoms with Crippen molar-refractivity contribution in [1.29, 1.82) is 0 Å². The predicted octanol–water partition coefficient (Wildman–Crippen LogP) is 1.32. The molecule has 0 aliphatic heterocycles. The number of nitrogens with one attached hydrogen (secondary N) is 2. The van der Waals surface area contributed by atoms with E-state index >= 15 is 0 Å². The van der Waals surface area contributed by atoms with Crippen LogP contribution in [0, 0.1) is 0 Å². The number of anilines is 1. The molecule has 2 rings (SSSR count). The van der Waals surface area contributed by atoms with Gasteiger partial charge in [-0.1, -0.05) is 12.1 Å². The number of hydrogen-bond donors (Lipinski definition) is 2. The fourth-order valence-electron chi connectivity index (χ4n) is 1.42. The van der Waals surface area contributed by atoms with E-state index in [1.807, 2.05) is 18.2 Å². The molecule has 0 spiro atoms. The van der Waals surface area contributed by atoms with Gasteiger partial charge < -0.3 is 10.6 Å². The lowest BCUT2D eigenvalue weighted by molar-refractivity contribution is 0.0950. The maximum absolute atomic E-state index is 11.6. The topological polar surface area (TPSA) is 66.9 Å². The van der Waals surface area contributed by atoms with Crippen molar-refractivity contribution in [3.05, 3.63) is 54.5 Å². The Labute approximate surface area is 105 Å². The Morgan fingerprint density at radius 3 is 2.44 bits per heavy atom. The van der Waals surface area contributed by atoms with Gasteiger partial charge in [-0.05, 0) is 24.3 Å². The first-order valence-electron chi connectivity index (χ1n) is 5.70. The minimum Gasteiger partial charge on any atom is -0.368 e. The number of carbonyl (C=O) groups is 1. The number of pyridine rings is 2. The molecule has 0 radical (unpaired) electrons. The van der Waals surface area contributed by atoms with Crippen LogP contribution >= 0.6 is 0 Å². The molecule has 5 nitrogen and oxygen atoms in total. The molecule has 0 aromatic carbocycles. The van der Waals surface area contributed by atoms with E-state index in [1.54, 1.807) is 30.6 Å². The van der Waals surface area contributed by atoms with Crippen molar-refractivity contribution in [3.63, 3.8) is 0 Å². The van der Waals surface area contributed by atoms with Crippen LogP contribution in [0.2, 0.25) is 0 Å².